The summed E-state index contributed by atoms with van der Waals surface area (Å²) in [5, 5.41) is 1.13. The van der Waals surface area contributed by atoms with Crippen LogP contribution in [0.1, 0.15) is 20.8 Å². The first-order chi connectivity index (χ1) is 8.24. The molecule has 7 nitrogen and oxygen atoms in total. The van der Waals surface area contributed by atoms with Crippen LogP contribution < -0.4 is 5.43 Å². The Balaban J connectivity index is 2.53. The van der Waals surface area contributed by atoms with Gasteiger partial charge in [-0.3, -0.25) is 9.69 Å². The molecular weight excluding hydrogens is 306 g/mol. The van der Waals surface area contributed by atoms with E-state index in [0.717, 1.165) is 9.91 Å². The van der Waals surface area contributed by atoms with E-state index in [1.54, 1.807) is 20.8 Å². The first-order valence-corrected chi connectivity index (χ1v) is 6.54. The highest BCUT2D eigenvalue weighted by Gasteiger charge is 2.34. The molecule has 0 unspecified atom stereocenters. The predicted molar refractivity (Wildman–Crippen MR) is 67.0 cm³/mol. The van der Waals surface area contributed by atoms with Crippen LogP contribution in [0, 0.1) is 0 Å². The molecular formula is C10H16BrN3O4. The van der Waals surface area contributed by atoms with E-state index in [1.807, 2.05) is 0 Å². The molecule has 0 aliphatic carbocycles. The van der Waals surface area contributed by atoms with Gasteiger partial charge in [0.25, 0.3) is 0 Å². The monoisotopic (exact) mass is 321 g/mol. The predicted octanol–water partition coefficient (Wildman–Crippen LogP) is 1.09. The van der Waals surface area contributed by atoms with Crippen molar-refractivity contribution < 1.29 is 19.1 Å². The number of nitrogens with one attached hydrogen (secondary N) is 1. The normalized spacial score (nSPS) is 15.9. The van der Waals surface area contributed by atoms with Gasteiger partial charge in [0.1, 0.15) is 5.60 Å². The van der Waals surface area contributed by atoms with Crippen LogP contribution in [0.3, 0.4) is 0 Å². The van der Waals surface area contributed by atoms with Crippen molar-refractivity contribution in [3.63, 3.8) is 0 Å². The van der Waals surface area contributed by atoms with Gasteiger partial charge in [0.15, 0.2) is 0 Å². The maximum atomic E-state index is 11.7. The molecule has 1 saturated heterocycles. The van der Waals surface area contributed by atoms with Gasteiger partial charge in [-0.15, -0.1) is 0 Å². The number of hydrazine groups is 1. The largest absolute Gasteiger partial charge is 0.443 e. The molecule has 0 radical (unpaired) electrons. The number of amides is 4. The van der Waals surface area contributed by atoms with E-state index in [1.165, 1.54) is 0 Å². The fourth-order valence-electron chi connectivity index (χ4n) is 1.36. The molecule has 1 rings (SSSR count). The van der Waals surface area contributed by atoms with Crippen molar-refractivity contribution in [2.24, 2.45) is 0 Å². The summed E-state index contributed by atoms with van der Waals surface area (Å²) in [6.45, 7) is 5.66. The molecule has 0 aromatic carbocycles. The van der Waals surface area contributed by atoms with Gasteiger partial charge in [-0.1, -0.05) is 15.9 Å². The molecule has 0 spiro atoms. The summed E-state index contributed by atoms with van der Waals surface area (Å²) in [6.07, 6.45) is -0.719. The van der Waals surface area contributed by atoms with Crippen molar-refractivity contribution >= 4 is 34.0 Å². The maximum absolute atomic E-state index is 11.7. The Morgan fingerprint density at radius 2 is 2.00 bits per heavy atom. The molecule has 0 bridgehead atoms. The van der Waals surface area contributed by atoms with Gasteiger partial charge in [0.05, 0.1) is 18.4 Å². The van der Waals surface area contributed by atoms with Gasteiger partial charge in [-0.2, -0.15) is 0 Å². The lowest BCUT2D eigenvalue weighted by Crippen LogP contribution is -2.47. The second kappa shape index (κ2) is 5.55. The Morgan fingerprint density at radius 1 is 1.39 bits per heavy atom. The number of hydrogen-bond donors (Lipinski definition) is 1. The van der Waals surface area contributed by atoms with E-state index in [4.69, 9.17) is 4.74 Å². The minimum atomic E-state index is -0.719. The van der Waals surface area contributed by atoms with E-state index < -0.39 is 17.7 Å². The van der Waals surface area contributed by atoms with E-state index in [0.29, 0.717) is 0 Å². The van der Waals surface area contributed by atoms with Crippen LogP contribution in [0.25, 0.3) is 0 Å². The molecule has 1 fully saturated rings. The average Bonchev–Trinajstić information content (AvgIpc) is 2.57. The molecule has 8 heteroatoms. The van der Waals surface area contributed by atoms with Crippen molar-refractivity contribution in [1.82, 2.24) is 15.3 Å². The summed E-state index contributed by atoms with van der Waals surface area (Å²) < 4.78 is 5.01. The highest BCUT2D eigenvalue weighted by Crippen LogP contribution is 2.10. The van der Waals surface area contributed by atoms with Crippen molar-refractivity contribution in [1.29, 1.82) is 0 Å². The summed E-state index contributed by atoms with van der Waals surface area (Å²) in [6, 6.07) is -0.551. The Bertz CT molecular complexity index is 367. The molecule has 1 aliphatic heterocycles. The molecule has 0 saturated carbocycles. The van der Waals surface area contributed by atoms with Crippen molar-refractivity contribution in [2.75, 3.05) is 18.4 Å². The molecule has 102 valence electrons. The minimum Gasteiger partial charge on any atom is -0.443 e. The smallest absolute Gasteiger partial charge is 0.426 e. The van der Waals surface area contributed by atoms with Crippen LogP contribution in [-0.4, -0.2) is 52.0 Å². The van der Waals surface area contributed by atoms with E-state index in [2.05, 4.69) is 21.4 Å². The third kappa shape index (κ3) is 3.86. The summed E-state index contributed by atoms with van der Waals surface area (Å²) in [5.41, 5.74) is 1.67. The highest BCUT2D eigenvalue weighted by atomic mass is 79.9. The number of halogens is 1. The molecule has 0 atom stereocenters. The number of carbonyl (C=O) groups is 3. The second-order valence-corrected chi connectivity index (χ2v) is 5.29. The van der Waals surface area contributed by atoms with Gasteiger partial charge < -0.3 is 4.74 Å². The second-order valence-electron chi connectivity index (χ2n) is 4.73. The zero-order chi connectivity index (χ0) is 13.9. The molecule has 0 aromatic rings. The number of imide groups is 1. The Hall–Kier alpha value is -1.31. The fourth-order valence-corrected chi connectivity index (χ4v) is 1.66. The first-order valence-electron chi connectivity index (χ1n) is 5.42. The van der Waals surface area contributed by atoms with Crippen molar-refractivity contribution in [2.45, 2.75) is 26.4 Å². The highest BCUT2D eigenvalue weighted by molar-refractivity contribution is 9.09. The quantitative estimate of drug-likeness (QED) is 0.772. The van der Waals surface area contributed by atoms with Gasteiger partial charge in [-0.25, -0.2) is 20.0 Å². The Kier molecular flexibility index (Phi) is 4.55. The number of nitrogens with zero attached hydrogens (tertiary/aromatic N) is 2. The molecule has 1 N–H and O–H groups in total. The van der Waals surface area contributed by atoms with Crippen molar-refractivity contribution in [3.05, 3.63) is 0 Å². The lowest BCUT2D eigenvalue weighted by Gasteiger charge is -2.23. The molecule has 18 heavy (non-hydrogen) atoms. The van der Waals surface area contributed by atoms with E-state index in [9.17, 15) is 14.4 Å². The van der Waals surface area contributed by atoms with Crippen LogP contribution in [0.4, 0.5) is 9.59 Å². The average molecular weight is 322 g/mol. The zero-order valence-electron chi connectivity index (χ0n) is 10.5. The topological polar surface area (TPSA) is 79.0 Å². The summed E-state index contributed by atoms with van der Waals surface area (Å²) in [5.74, 6) is -0.339. The van der Waals surface area contributed by atoms with Crippen LogP contribution in [0.5, 0.6) is 0 Å². The summed E-state index contributed by atoms with van der Waals surface area (Å²) in [4.78, 5) is 35.6. The van der Waals surface area contributed by atoms with E-state index >= 15 is 0 Å². The van der Waals surface area contributed by atoms with E-state index in [-0.39, 0.29) is 24.3 Å². The number of rotatable bonds is 2. The number of ether oxygens (including phenoxy) is 1. The number of hydrogen-bond acceptors (Lipinski definition) is 4. The maximum Gasteiger partial charge on any atom is 0.426 e. The van der Waals surface area contributed by atoms with Crippen LogP contribution in [-0.2, 0) is 9.53 Å². The van der Waals surface area contributed by atoms with Gasteiger partial charge >= 0.3 is 12.1 Å². The van der Waals surface area contributed by atoms with Crippen LogP contribution >= 0.6 is 15.9 Å². The zero-order valence-corrected chi connectivity index (χ0v) is 12.1. The first kappa shape index (κ1) is 14.7. The van der Waals surface area contributed by atoms with Gasteiger partial charge in [0.2, 0.25) is 5.91 Å². The Morgan fingerprint density at radius 3 is 2.50 bits per heavy atom. The third-order valence-corrected chi connectivity index (χ3v) is 2.53. The number of urea groups is 1. The SMILES string of the molecule is CC(C)(C)OC(=O)NN1CCN(C(=O)CBr)C1=O. The summed E-state index contributed by atoms with van der Waals surface area (Å²) in [7, 11) is 0. The lowest BCUT2D eigenvalue weighted by molar-refractivity contribution is -0.124. The standard InChI is InChI=1S/C10H16BrN3O4/c1-10(2,3)18-8(16)12-14-5-4-13(9(14)17)7(15)6-11/h4-6H2,1-3H3,(H,12,16). The lowest BCUT2D eigenvalue weighted by atomic mass is 10.2. The van der Waals surface area contributed by atoms with Crippen molar-refractivity contribution in [3.8, 4) is 0 Å². The molecule has 1 heterocycles. The Labute approximate surface area is 114 Å². The molecule has 4 amide bonds. The minimum absolute atomic E-state index is 0.0685. The molecule has 0 aromatic heterocycles. The van der Waals surface area contributed by atoms with Crippen LogP contribution in [0.2, 0.25) is 0 Å². The third-order valence-electron chi connectivity index (χ3n) is 2.05. The van der Waals surface area contributed by atoms with Crippen LogP contribution in [0.15, 0.2) is 0 Å². The fraction of sp³-hybridized carbons (Fsp3) is 0.700. The number of carbonyl (C=O) groups excluding carboxylic acids is 3. The van der Waals surface area contributed by atoms with Gasteiger partial charge in [-0.05, 0) is 20.8 Å². The summed E-state index contributed by atoms with van der Waals surface area (Å²) >= 11 is 2.99. The number of alkyl halides is 1. The van der Waals surface area contributed by atoms with Gasteiger partial charge in [0, 0.05) is 0 Å². The molecule has 1 aliphatic rings.